The van der Waals surface area contributed by atoms with E-state index < -0.39 is 17.7 Å². The number of H-pyrrole nitrogens is 1. The largest absolute Gasteiger partial charge is 0.435 e. The maximum Gasteiger partial charge on any atom is 0.435 e. The van der Waals surface area contributed by atoms with Crippen LogP contribution in [0.25, 0.3) is 11.1 Å². The first-order valence-corrected chi connectivity index (χ1v) is 4.98. The number of aromatic amines is 1. The van der Waals surface area contributed by atoms with E-state index in [2.05, 4.69) is 10.2 Å². The van der Waals surface area contributed by atoms with Crippen LogP contribution >= 0.6 is 0 Å². The minimum absolute atomic E-state index is 0.0836. The summed E-state index contributed by atoms with van der Waals surface area (Å²) in [5, 5.41) is 5.46. The lowest BCUT2D eigenvalue weighted by atomic mass is 10.0. The Kier molecular flexibility index (Phi) is 2.76. The van der Waals surface area contributed by atoms with Gasteiger partial charge in [-0.25, -0.2) is 4.39 Å². The van der Waals surface area contributed by atoms with Crippen LogP contribution in [-0.4, -0.2) is 10.2 Å². The molecule has 0 unspecified atom stereocenters. The molecule has 0 spiro atoms. The maximum absolute atomic E-state index is 13.3. The molecule has 0 atom stereocenters. The Bertz CT molecular complexity index is 586. The SMILES string of the molecule is Cc1[nH]nc(C(F)(F)F)c1-c1ccc(N)c(F)c1. The summed E-state index contributed by atoms with van der Waals surface area (Å²) in [6.45, 7) is 1.44. The van der Waals surface area contributed by atoms with Crippen molar-refractivity contribution in [3.8, 4) is 11.1 Å². The van der Waals surface area contributed by atoms with Gasteiger partial charge < -0.3 is 5.73 Å². The molecule has 18 heavy (non-hydrogen) atoms. The molecule has 0 saturated carbocycles. The van der Waals surface area contributed by atoms with E-state index in [-0.39, 0.29) is 22.5 Å². The number of aryl methyl sites for hydroxylation is 1. The number of hydrogen-bond acceptors (Lipinski definition) is 2. The summed E-state index contributed by atoms with van der Waals surface area (Å²) in [4.78, 5) is 0. The van der Waals surface area contributed by atoms with Crippen LogP contribution in [0.3, 0.4) is 0 Å². The van der Waals surface area contributed by atoms with Crippen molar-refractivity contribution >= 4 is 5.69 Å². The number of nitrogens with two attached hydrogens (primary N) is 1. The van der Waals surface area contributed by atoms with Gasteiger partial charge in [-0.05, 0) is 24.6 Å². The molecule has 0 saturated heterocycles. The Labute approximate surface area is 99.6 Å². The number of rotatable bonds is 1. The second-order valence-corrected chi connectivity index (χ2v) is 3.81. The molecule has 0 aliphatic carbocycles. The van der Waals surface area contributed by atoms with Crippen molar-refractivity contribution in [3.05, 3.63) is 35.4 Å². The molecule has 3 N–H and O–H groups in total. The van der Waals surface area contributed by atoms with E-state index in [0.29, 0.717) is 0 Å². The number of hydrogen-bond donors (Lipinski definition) is 2. The first-order valence-electron chi connectivity index (χ1n) is 4.98. The molecule has 2 rings (SSSR count). The van der Waals surface area contributed by atoms with Crippen LogP contribution in [0.4, 0.5) is 23.2 Å². The second kappa shape index (κ2) is 4.01. The summed E-state index contributed by atoms with van der Waals surface area (Å²) >= 11 is 0. The third-order valence-corrected chi connectivity index (χ3v) is 2.50. The highest BCUT2D eigenvalue weighted by molar-refractivity contribution is 5.70. The van der Waals surface area contributed by atoms with Crippen molar-refractivity contribution in [2.45, 2.75) is 13.1 Å². The average molecular weight is 259 g/mol. The third kappa shape index (κ3) is 2.03. The van der Waals surface area contributed by atoms with Gasteiger partial charge in [0.05, 0.1) is 5.69 Å². The fraction of sp³-hybridized carbons (Fsp3) is 0.182. The number of nitrogens with zero attached hydrogens (tertiary/aromatic N) is 1. The van der Waals surface area contributed by atoms with Gasteiger partial charge >= 0.3 is 6.18 Å². The first kappa shape index (κ1) is 12.4. The van der Waals surface area contributed by atoms with Gasteiger partial charge in [-0.2, -0.15) is 18.3 Å². The maximum atomic E-state index is 13.3. The molecule has 7 heteroatoms. The van der Waals surface area contributed by atoms with Crippen LogP contribution in [0.1, 0.15) is 11.4 Å². The summed E-state index contributed by atoms with van der Waals surface area (Å²) in [6, 6.07) is 3.51. The molecule has 2 aromatic rings. The highest BCUT2D eigenvalue weighted by atomic mass is 19.4. The zero-order valence-electron chi connectivity index (χ0n) is 9.27. The summed E-state index contributed by atoms with van der Waals surface area (Å²) < 4.78 is 51.5. The number of halogens is 4. The second-order valence-electron chi connectivity index (χ2n) is 3.81. The monoisotopic (exact) mass is 259 g/mol. The lowest BCUT2D eigenvalue weighted by Gasteiger charge is -2.08. The van der Waals surface area contributed by atoms with Gasteiger partial charge in [0.15, 0.2) is 5.69 Å². The van der Waals surface area contributed by atoms with Gasteiger partial charge in [-0.15, -0.1) is 0 Å². The quantitative estimate of drug-likeness (QED) is 0.610. The van der Waals surface area contributed by atoms with Crippen molar-refractivity contribution in [1.29, 1.82) is 0 Å². The zero-order valence-corrected chi connectivity index (χ0v) is 9.27. The summed E-state index contributed by atoms with van der Waals surface area (Å²) in [5.74, 6) is -0.763. The number of alkyl halides is 3. The molecule has 0 bridgehead atoms. The molecule has 1 aromatic carbocycles. The first-order chi connectivity index (χ1) is 8.30. The predicted molar refractivity (Wildman–Crippen MR) is 58.1 cm³/mol. The number of nitrogens with one attached hydrogen (secondary N) is 1. The van der Waals surface area contributed by atoms with Gasteiger partial charge in [0.1, 0.15) is 5.82 Å². The van der Waals surface area contributed by atoms with Crippen molar-refractivity contribution in [1.82, 2.24) is 10.2 Å². The van der Waals surface area contributed by atoms with E-state index >= 15 is 0 Å². The number of nitrogen functional groups attached to an aromatic ring is 1. The predicted octanol–water partition coefficient (Wildman–Crippen LogP) is 3.13. The zero-order chi connectivity index (χ0) is 13.5. The number of aromatic nitrogens is 2. The third-order valence-electron chi connectivity index (χ3n) is 2.50. The molecule has 0 fully saturated rings. The minimum atomic E-state index is -4.60. The summed E-state index contributed by atoms with van der Waals surface area (Å²) in [7, 11) is 0. The van der Waals surface area contributed by atoms with Gasteiger partial charge in [0, 0.05) is 11.3 Å². The van der Waals surface area contributed by atoms with E-state index in [1.165, 1.54) is 19.1 Å². The Morgan fingerprint density at radius 1 is 1.28 bits per heavy atom. The number of anilines is 1. The highest BCUT2D eigenvalue weighted by Crippen LogP contribution is 2.37. The lowest BCUT2D eigenvalue weighted by Crippen LogP contribution is -2.07. The Hall–Kier alpha value is -2.05. The molecule has 3 nitrogen and oxygen atoms in total. The molecular weight excluding hydrogens is 250 g/mol. The number of benzene rings is 1. The van der Waals surface area contributed by atoms with E-state index in [4.69, 9.17) is 5.73 Å². The van der Waals surface area contributed by atoms with Crippen LogP contribution < -0.4 is 5.73 Å². The Morgan fingerprint density at radius 2 is 1.94 bits per heavy atom. The van der Waals surface area contributed by atoms with Crippen LogP contribution in [0.5, 0.6) is 0 Å². The van der Waals surface area contributed by atoms with Crippen molar-refractivity contribution < 1.29 is 17.6 Å². The van der Waals surface area contributed by atoms with Crippen LogP contribution in [0, 0.1) is 12.7 Å². The van der Waals surface area contributed by atoms with Crippen molar-refractivity contribution in [2.24, 2.45) is 0 Å². The smallest absolute Gasteiger partial charge is 0.396 e. The van der Waals surface area contributed by atoms with Gasteiger partial charge in [0.25, 0.3) is 0 Å². The van der Waals surface area contributed by atoms with Crippen LogP contribution in [0.2, 0.25) is 0 Å². The molecule has 0 radical (unpaired) electrons. The Balaban J connectivity index is 2.63. The Morgan fingerprint density at radius 3 is 2.50 bits per heavy atom. The fourth-order valence-electron chi connectivity index (χ4n) is 1.67. The summed E-state index contributed by atoms with van der Waals surface area (Å²) in [5.41, 5.74) is 4.23. The van der Waals surface area contributed by atoms with Gasteiger partial charge in [-0.3, -0.25) is 5.10 Å². The van der Waals surface area contributed by atoms with E-state index in [9.17, 15) is 17.6 Å². The molecule has 0 amide bonds. The average Bonchev–Trinajstić information content (AvgIpc) is 2.64. The topological polar surface area (TPSA) is 54.7 Å². The minimum Gasteiger partial charge on any atom is -0.396 e. The summed E-state index contributed by atoms with van der Waals surface area (Å²) in [6.07, 6.45) is -4.60. The fourth-order valence-corrected chi connectivity index (χ4v) is 1.67. The van der Waals surface area contributed by atoms with Crippen molar-refractivity contribution in [3.63, 3.8) is 0 Å². The molecule has 1 aromatic heterocycles. The van der Waals surface area contributed by atoms with E-state index in [1.54, 1.807) is 0 Å². The standard InChI is InChI=1S/C11H9F4N3/c1-5-9(10(18-17-5)11(13,14)15)6-2-3-8(16)7(12)4-6/h2-4H,16H2,1H3,(H,17,18). The van der Waals surface area contributed by atoms with Crippen molar-refractivity contribution in [2.75, 3.05) is 5.73 Å². The highest BCUT2D eigenvalue weighted by Gasteiger charge is 2.37. The normalized spacial score (nSPS) is 11.8. The van der Waals surface area contributed by atoms with Gasteiger partial charge in [0.2, 0.25) is 0 Å². The van der Waals surface area contributed by atoms with E-state index in [0.717, 1.165) is 6.07 Å². The molecule has 0 aliphatic rings. The molecule has 1 heterocycles. The van der Waals surface area contributed by atoms with Gasteiger partial charge in [-0.1, -0.05) is 6.07 Å². The molecular formula is C11H9F4N3. The molecule has 96 valence electrons. The van der Waals surface area contributed by atoms with Crippen LogP contribution in [0.15, 0.2) is 18.2 Å². The molecule has 0 aliphatic heterocycles. The van der Waals surface area contributed by atoms with E-state index in [1.807, 2.05) is 0 Å². The lowest BCUT2D eigenvalue weighted by molar-refractivity contribution is -0.140. The van der Waals surface area contributed by atoms with Crippen LogP contribution in [-0.2, 0) is 6.18 Å².